The Morgan fingerprint density at radius 3 is 2.82 bits per heavy atom. The Morgan fingerprint density at radius 1 is 1.41 bits per heavy atom. The van der Waals surface area contributed by atoms with Crippen LogP contribution in [-0.4, -0.2) is 24.8 Å². The minimum Gasteiger partial charge on any atom is -0.474 e. The molecule has 0 N–H and O–H groups in total. The third-order valence-corrected chi connectivity index (χ3v) is 2.15. The first kappa shape index (κ1) is 13.5. The number of nitrogens with zero attached hydrogens (tertiary/aromatic N) is 2. The lowest BCUT2D eigenvalue weighted by Crippen LogP contribution is -2.11. The highest BCUT2D eigenvalue weighted by atomic mass is 16.5. The van der Waals surface area contributed by atoms with Crippen LogP contribution >= 0.6 is 0 Å². The molecule has 4 nitrogen and oxygen atoms in total. The van der Waals surface area contributed by atoms with Crippen LogP contribution in [0.5, 0.6) is 5.88 Å². The monoisotopic (exact) mass is 234 g/mol. The fraction of sp³-hybridized carbons (Fsp3) is 0.538. The minimum absolute atomic E-state index is 0.389. The van der Waals surface area contributed by atoms with Crippen LogP contribution in [-0.2, 0) is 4.74 Å². The molecule has 0 unspecified atom stereocenters. The number of nitriles is 1. The first-order valence-electron chi connectivity index (χ1n) is 5.71. The summed E-state index contributed by atoms with van der Waals surface area (Å²) < 4.78 is 10.8. The van der Waals surface area contributed by atoms with Crippen LogP contribution in [0.3, 0.4) is 0 Å². The van der Waals surface area contributed by atoms with E-state index >= 15 is 0 Å². The zero-order valence-electron chi connectivity index (χ0n) is 10.6. The fourth-order valence-electron chi connectivity index (χ4n) is 1.30. The number of hydrogen-bond donors (Lipinski definition) is 0. The highest BCUT2D eigenvalue weighted by molar-refractivity contribution is 5.43. The Bertz CT molecular complexity index is 397. The summed E-state index contributed by atoms with van der Waals surface area (Å²) in [6.45, 7) is 7.70. The van der Waals surface area contributed by atoms with E-state index in [2.05, 4.69) is 24.9 Å². The maximum atomic E-state index is 8.97. The maximum Gasteiger partial charge on any atom is 0.231 e. The topological polar surface area (TPSA) is 55.1 Å². The quantitative estimate of drug-likeness (QED) is 0.709. The van der Waals surface area contributed by atoms with Gasteiger partial charge in [0.05, 0.1) is 6.61 Å². The lowest BCUT2D eigenvalue weighted by Gasteiger charge is -2.09. The Labute approximate surface area is 102 Å². The summed E-state index contributed by atoms with van der Waals surface area (Å²) in [6, 6.07) is 3.89. The van der Waals surface area contributed by atoms with Crippen molar-refractivity contribution in [1.82, 2.24) is 4.98 Å². The molecule has 17 heavy (non-hydrogen) atoms. The van der Waals surface area contributed by atoms with Crippen molar-refractivity contribution in [1.29, 1.82) is 5.26 Å². The number of rotatable bonds is 6. The van der Waals surface area contributed by atoms with Crippen molar-refractivity contribution in [3.8, 4) is 11.9 Å². The molecule has 0 radical (unpaired) electrons. The molecule has 92 valence electrons. The van der Waals surface area contributed by atoms with Gasteiger partial charge in [-0.3, -0.25) is 0 Å². The van der Waals surface area contributed by atoms with E-state index in [9.17, 15) is 0 Å². The van der Waals surface area contributed by atoms with E-state index in [0.717, 1.165) is 12.2 Å². The number of pyridine rings is 1. The van der Waals surface area contributed by atoms with Crippen LogP contribution in [0.15, 0.2) is 12.3 Å². The van der Waals surface area contributed by atoms with Gasteiger partial charge in [0.25, 0.3) is 0 Å². The van der Waals surface area contributed by atoms with Crippen LogP contribution in [0.1, 0.15) is 25.0 Å². The van der Waals surface area contributed by atoms with Gasteiger partial charge in [0.2, 0.25) is 5.88 Å². The normalized spacial score (nSPS) is 10.3. The van der Waals surface area contributed by atoms with E-state index < -0.39 is 0 Å². The minimum atomic E-state index is 0.389. The van der Waals surface area contributed by atoms with Crippen molar-refractivity contribution < 1.29 is 9.47 Å². The third kappa shape index (κ3) is 4.41. The molecule has 0 spiro atoms. The molecule has 1 aromatic rings. The first-order chi connectivity index (χ1) is 8.15. The molecular weight excluding hydrogens is 216 g/mol. The predicted octanol–water partition coefficient (Wildman–Crippen LogP) is 2.31. The van der Waals surface area contributed by atoms with E-state index in [1.54, 1.807) is 12.3 Å². The Morgan fingerprint density at radius 2 is 2.18 bits per heavy atom. The molecule has 1 rings (SSSR count). The third-order valence-electron chi connectivity index (χ3n) is 2.15. The molecule has 0 bridgehead atoms. The summed E-state index contributed by atoms with van der Waals surface area (Å²) in [5.74, 6) is 0.905. The Kier molecular flexibility index (Phi) is 5.44. The van der Waals surface area contributed by atoms with Gasteiger partial charge in [-0.25, -0.2) is 4.98 Å². The molecule has 0 saturated carbocycles. The number of ether oxygens (including phenoxy) is 2. The van der Waals surface area contributed by atoms with Gasteiger partial charge in [-0.15, -0.1) is 0 Å². The van der Waals surface area contributed by atoms with Crippen molar-refractivity contribution in [2.45, 2.75) is 20.8 Å². The summed E-state index contributed by atoms with van der Waals surface area (Å²) in [6.07, 6.45) is 1.64. The van der Waals surface area contributed by atoms with Crippen molar-refractivity contribution >= 4 is 0 Å². The largest absolute Gasteiger partial charge is 0.474 e. The van der Waals surface area contributed by atoms with E-state index in [1.165, 1.54) is 0 Å². The standard InChI is InChI=1S/C13H18N2O2/c1-10(2)9-16-6-7-17-13-12(8-14)11(3)4-5-15-13/h4-5,10H,6-7,9H2,1-3H3. The van der Waals surface area contributed by atoms with E-state index in [-0.39, 0.29) is 0 Å². The highest BCUT2D eigenvalue weighted by Gasteiger charge is 2.07. The van der Waals surface area contributed by atoms with E-state index in [1.807, 2.05) is 6.92 Å². The first-order valence-corrected chi connectivity index (χ1v) is 5.71. The molecule has 1 aromatic heterocycles. The summed E-state index contributed by atoms with van der Waals surface area (Å²) in [5, 5.41) is 8.97. The van der Waals surface area contributed by atoms with Gasteiger partial charge >= 0.3 is 0 Å². The summed E-state index contributed by atoms with van der Waals surface area (Å²) >= 11 is 0. The van der Waals surface area contributed by atoms with Crippen molar-refractivity contribution in [2.75, 3.05) is 19.8 Å². The number of hydrogen-bond acceptors (Lipinski definition) is 4. The van der Waals surface area contributed by atoms with Gasteiger partial charge in [-0.05, 0) is 24.5 Å². The molecular formula is C13H18N2O2. The highest BCUT2D eigenvalue weighted by Crippen LogP contribution is 2.17. The van der Waals surface area contributed by atoms with E-state index in [4.69, 9.17) is 14.7 Å². The Hall–Kier alpha value is -1.60. The molecule has 1 heterocycles. The lowest BCUT2D eigenvalue weighted by molar-refractivity contribution is 0.0805. The second kappa shape index (κ2) is 6.87. The molecule has 0 aliphatic carbocycles. The zero-order chi connectivity index (χ0) is 12.7. The molecule has 0 atom stereocenters. The second-order valence-electron chi connectivity index (χ2n) is 4.24. The number of aromatic nitrogens is 1. The van der Waals surface area contributed by atoms with Crippen molar-refractivity contribution in [3.63, 3.8) is 0 Å². The van der Waals surface area contributed by atoms with Gasteiger partial charge in [0.1, 0.15) is 18.2 Å². The van der Waals surface area contributed by atoms with Crippen LogP contribution in [0.4, 0.5) is 0 Å². The average Bonchev–Trinajstić information content (AvgIpc) is 2.28. The van der Waals surface area contributed by atoms with E-state index in [0.29, 0.717) is 30.6 Å². The molecule has 0 amide bonds. The smallest absolute Gasteiger partial charge is 0.231 e. The van der Waals surface area contributed by atoms with Crippen LogP contribution < -0.4 is 4.74 Å². The van der Waals surface area contributed by atoms with Gasteiger partial charge in [-0.1, -0.05) is 13.8 Å². The molecule has 0 aliphatic rings. The SMILES string of the molecule is Cc1ccnc(OCCOCC(C)C)c1C#N. The number of aryl methyl sites for hydroxylation is 1. The van der Waals surface area contributed by atoms with Gasteiger partial charge in [0.15, 0.2) is 0 Å². The average molecular weight is 234 g/mol. The lowest BCUT2D eigenvalue weighted by atomic mass is 10.2. The van der Waals surface area contributed by atoms with Crippen molar-refractivity contribution in [2.24, 2.45) is 5.92 Å². The summed E-state index contributed by atoms with van der Waals surface area (Å²) in [4.78, 5) is 4.04. The van der Waals surface area contributed by atoms with Gasteiger partial charge < -0.3 is 9.47 Å². The zero-order valence-corrected chi connectivity index (χ0v) is 10.6. The van der Waals surface area contributed by atoms with Gasteiger partial charge in [0, 0.05) is 12.8 Å². The summed E-state index contributed by atoms with van der Waals surface area (Å²) in [5.41, 5.74) is 1.37. The summed E-state index contributed by atoms with van der Waals surface area (Å²) in [7, 11) is 0. The molecule has 0 saturated heterocycles. The molecule has 0 fully saturated rings. The molecule has 0 aliphatic heterocycles. The predicted molar refractivity (Wildman–Crippen MR) is 64.8 cm³/mol. The van der Waals surface area contributed by atoms with Gasteiger partial charge in [-0.2, -0.15) is 5.26 Å². The molecule has 0 aromatic carbocycles. The molecule has 4 heteroatoms. The fourth-order valence-corrected chi connectivity index (χ4v) is 1.30. The maximum absolute atomic E-state index is 8.97. The van der Waals surface area contributed by atoms with Crippen LogP contribution in [0, 0.1) is 24.2 Å². The van der Waals surface area contributed by atoms with Crippen LogP contribution in [0.2, 0.25) is 0 Å². The Balaban J connectivity index is 2.42. The second-order valence-corrected chi connectivity index (χ2v) is 4.24. The van der Waals surface area contributed by atoms with Crippen LogP contribution in [0.25, 0.3) is 0 Å². The van der Waals surface area contributed by atoms with Crippen molar-refractivity contribution in [3.05, 3.63) is 23.4 Å².